The van der Waals surface area contributed by atoms with E-state index < -0.39 is 9.84 Å². The van der Waals surface area contributed by atoms with Gasteiger partial charge in [-0.3, -0.25) is 4.79 Å². The maximum absolute atomic E-state index is 12.2. The maximum Gasteiger partial charge on any atom is 0.257 e. The van der Waals surface area contributed by atoms with Crippen molar-refractivity contribution in [2.75, 3.05) is 30.0 Å². The van der Waals surface area contributed by atoms with Crippen molar-refractivity contribution in [2.24, 2.45) is 5.84 Å². The van der Waals surface area contributed by atoms with Crippen LogP contribution in [0.15, 0.2) is 18.3 Å². The summed E-state index contributed by atoms with van der Waals surface area (Å²) in [6, 6.07) is 3.24. The molecule has 8 heteroatoms. The summed E-state index contributed by atoms with van der Waals surface area (Å²) in [5.74, 6) is 5.32. The van der Waals surface area contributed by atoms with Crippen molar-refractivity contribution in [3.05, 3.63) is 23.9 Å². The molecular formula is C10H14N4O3S. The molecule has 0 bridgehead atoms. The number of anilines is 1. The first-order chi connectivity index (χ1) is 8.53. The van der Waals surface area contributed by atoms with Gasteiger partial charge in [-0.15, -0.1) is 0 Å². The van der Waals surface area contributed by atoms with Crippen molar-refractivity contribution in [2.45, 2.75) is 0 Å². The van der Waals surface area contributed by atoms with Crippen LogP contribution in [0.5, 0.6) is 0 Å². The van der Waals surface area contributed by atoms with Gasteiger partial charge >= 0.3 is 0 Å². The molecule has 2 heterocycles. The van der Waals surface area contributed by atoms with Gasteiger partial charge in [0.2, 0.25) is 0 Å². The Kier molecular flexibility index (Phi) is 3.48. The lowest BCUT2D eigenvalue weighted by Crippen LogP contribution is -2.44. The highest BCUT2D eigenvalue weighted by atomic mass is 32.2. The van der Waals surface area contributed by atoms with Crippen LogP contribution < -0.4 is 11.3 Å². The van der Waals surface area contributed by atoms with E-state index >= 15 is 0 Å². The van der Waals surface area contributed by atoms with Gasteiger partial charge in [-0.05, 0) is 12.1 Å². The van der Waals surface area contributed by atoms with E-state index in [0.29, 0.717) is 5.56 Å². The highest BCUT2D eigenvalue weighted by Gasteiger charge is 2.26. The Hall–Kier alpha value is -1.67. The molecule has 1 aliphatic rings. The molecule has 0 atom stereocenters. The van der Waals surface area contributed by atoms with E-state index in [4.69, 9.17) is 5.84 Å². The summed E-state index contributed by atoms with van der Waals surface area (Å²) in [4.78, 5) is 17.6. The van der Waals surface area contributed by atoms with Crippen LogP contribution in [-0.2, 0) is 9.84 Å². The van der Waals surface area contributed by atoms with Gasteiger partial charge in [-0.25, -0.2) is 19.2 Å². The fourth-order valence-electron chi connectivity index (χ4n) is 1.78. The molecule has 0 saturated carbocycles. The smallest absolute Gasteiger partial charge is 0.257 e. The van der Waals surface area contributed by atoms with Crippen LogP contribution in [0.2, 0.25) is 0 Å². The van der Waals surface area contributed by atoms with E-state index in [2.05, 4.69) is 10.4 Å². The Labute approximate surface area is 105 Å². The van der Waals surface area contributed by atoms with Crippen LogP contribution in [0.3, 0.4) is 0 Å². The minimum atomic E-state index is -3.00. The lowest BCUT2D eigenvalue weighted by molar-refractivity contribution is 0.0771. The third kappa shape index (κ3) is 2.59. The molecule has 1 amide bonds. The minimum Gasteiger partial charge on any atom is -0.336 e. The number of carbonyl (C=O) groups is 1. The number of nitrogens with one attached hydrogen (secondary N) is 1. The molecule has 18 heavy (non-hydrogen) atoms. The average Bonchev–Trinajstić information content (AvgIpc) is 2.38. The molecule has 1 aromatic rings. The summed E-state index contributed by atoms with van der Waals surface area (Å²) in [6.45, 7) is 0.417. The van der Waals surface area contributed by atoms with Crippen LogP contribution in [0, 0.1) is 0 Å². The van der Waals surface area contributed by atoms with Gasteiger partial charge in [-0.1, -0.05) is 0 Å². The third-order valence-corrected chi connectivity index (χ3v) is 4.42. The molecule has 1 aliphatic heterocycles. The van der Waals surface area contributed by atoms with Gasteiger partial charge < -0.3 is 10.3 Å². The molecule has 0 aliphatic carbocycles. The standard InChI is InChI=1S/C10H14N4O3S/c11-13-9-8(2-1-3-12-9)10(15)14-4-6-18(16,17)7-5-14/h1-3H,4-7,11H2,(H,12,13). The molecule has 0 aromatic carbocycles. The van der Waals surface area contributed by atoms with E-state index in [1.165, 1.54) is 11.1 Å². The van der Waals surface area contributed by atoms with E-state index in [-0.39, 0.29) is 36.3 Å². The minimum absolute atomic E-state index is 0.00435. The molecule has 0 radical (unpaired) electrons. The van der Waals surface area contributed by atoms with Crippen LogP contribution in [0.1, 0.15) is 10.4 Å². The highest BCUT2D eigenvalue weighted by molar-refractivity contribution is 7.91. The second kappa shape index (κ2) is 4.91. The predicted molar refractivity (Wildman–Crippen MR) is 66.6 cm³/mol. The number of pyridine rings is 1. The van der Waals surface area contributed by atoms with Crippen LogP contribution >= 0.6 is 0 Å². The lowest BCUT2D eigenvalue weighted by Gasteiger charge is -2.27. The summed E-state index contributed by atoms with van der Waals surface area (Å²) < 4.78 is 22.6. The van der Waals surface area contributed by atoms with E-state index in [1.54, 1.807) is 12.1 Å². The molecule has 7 nitrogen and oxygen atoms in total. The largest absolute Gasteiger partial charge is 0.336 e. The number of hydrogen-bond acceptors (Lipinski definition) is 6. The van der Waals surface area contributed by atoms with E-state index in [1.807, 2.05) is 0 Å². The number of rotatable bonds is 2. The number of hydrazine groups is 1. The summed E-state index contributed by atoms with van der Waals surface area (Å²) in [5, 5.41) is 0. The Balaban J connectivity index is 2.17. The lowest BCUT2D eigenvalue weighted by atomic mass is 10.2. The number of amides is 1. The van der Waals surface area contributed by atoms with Crippen molar-refractivity contribution >= 4 is 21.6 Å². The van der Waals surface area contributed by atoms with Gasteiger partial charge in [0.05, 0.1) is 17.1 Å². The Morgan fingerprint density at radius 3 is 2.67 bits per heavy atom. The molecule has 98 valence electrons. The fourth-order valence-corrected chi connectivity index (χ4v) is 2.98. The number of sulfone groups is 1. The molecule has 3 N–H and O–H groups in total. The zero-order chi connectivity index (χ0) is 13.2. The molecule has 1 saturated heterocycles. The van der Waals surface area contributed by atoms with Crippen molar-refractivity contribution in [3.63, 3.8) is 0 Å². The molecule has 0 spiro atoms. The topological polar surface area (TPSA) is 105 Å². The van der Waals surface area contributed by atoms with E-state index in [0.717, 1.165) is 0 Å². The number of nitrogen functional groups attached to an aromatic ring is 1. The zero-order valence-electron chi connectivity index (χ0n) is 9.67. The molecule has 1 fully saturated rings. The number of aromatic nitrogens is 1. The summed E-state index contributed by atoms with van der Waals surface area (Å²) in [5.41, 5.74) is 2.70. The Morgan fingerprint density at radius 1 is 1.39 bits per heavy atom. The molecular weight excluding hydrogens is 256 g/mol. The normalized spacial score (nSPS) is 18.4. The molecule has 0 unspecified atom stereocenters. The highest BCUT2D eigenvalue weighted by Crippen LogP contribution is 2.15. The summed E-state index contributed by atoms with van der Waals surface area (Å²) in [6.07, 6.45) is 1.52. The monoisotopic (exact) mass is 270 g/mol. The van der Waals surface area contributed by atoms with Crippen molar-refractivity contribution in [3.8, 4) is 0 Å². The fraction of sp³-hybridized carbons (Fsp3) is 0.400. The number of hydrogen-bond donors (Lipinski definition) is 2. The SMILES string of the molecule is NNc1ncccc1C(=O)N1CCS(=O)(=O)CC1. The Bertz CT molecular complexity index is 544. The van der Waals surface area contributed by atoms with Crippen molar-refractivity contribution < 1.29 is 13.2 Å². The Morgan fingerprint density at radius 2 is 2.06 bits per heavy atom. The molecule has 1 aromatic heterocycles. The van der Waals surface area contributed by atoms with Crippen molar-refractivity contribution in [1.82, 2.24) is 9.88 Å². The van der Waals surface area contributed by atoms with Crippen LogP contribution in [0.4, 0.5) is 5.82 Å². The first kappa shape index (κ1) is 12.8. The van der Waals surface area contributed by atoms with Gasteiger partial charge in [0.1, 0.15) is 0 Å². The first-order valence-electron chi connectivity index (χ1n) is 5.45. The van der Waals surface area contributed by atoms with Gasteiger partial charge in [0.15, 0.2) is 15.7 Å². The van der Waals surface area contributed by atoms with Gasteiger partial charge in [0, 0.05) is 19.3 Å². The third-order valence-electron chi connectivity index (χ3n) is 2.81. The summed E-state index contributed by atoms with van der Waals surface area (Å²) >= 11 is 0. The summed E-state index contributed by atoms with van der Waals surface area (Å²) in [7, 11) is -3.00. The second-order valence-corrected chi connectivity index (χ2v) is 6.29. The number of carbonyl (C=O) groups excluding carboxylic acids is 1. The average molecular weight is 270 g/mol. The quantitative estimate of drug-likeness (QED) is 0.540. The van der Waals surface area contributed by atoms with E-state index in [9.17, 15) is 13.2 Å². The van der Waals surface area contributed by atoms with Gasteiger partial charge in [0.25, 0.3) is 5.91 Å². The van der Waals surface area contributed by atoms with Crippen LogP contribution in [-0.4, -0.2) is 48.8 Å². The number of nitrogens with two attached hydrogens (primary N) is 1. The van der Waals surface area contributed by atoms with Crippen LogP contribution in [0.25, 0.3) is 0 Å². The van der Waals surface area contributed by atoms with Crippen molar-refractivity contribution in [1.29, 1.82) is 0 Å². The van der Waals surface area contributed by atoms with Gasteiger partial charge in [-0.2, -0.15) is 0 Å². The first-order valence-corrected chi connectivity index (χ1v) is 7.27. The zero-order valence-corrected chi connectivity index (χ0v) is 10.5. The predicted octanol–water partition coefficient (Wildman–Crippen LogP) is -0.762. The maximum atomic E-state index is 12.2. The molecule has 2 rings (SSSR count). The second-order valence-electron chi connectivity index (χ2n) is 3.99. The number of nitrogens with zero attached hydrogens (tertiary/aromatic N) is 2.